The molecule has 0 bridgehead atoms. The van der Waals surface area contributed by atoms with Crippen LogP contribution in [0.15, 0.2) is 134 Å². The summed E-state index contributed by atoms with van der Waals surface area (Å²) in [6.07, 6.45) is 3.69. The van der Waals surface area contributed by atoms with Gasteiger partial charge in [0.25, 0.3) is 0 Å². The fraction of sp³-hybridized carbons (Fsp3) is 0.100. The summed E-state index contributed by atoms with van der Waals surface area (Å²) in [4.78, 5) is 4.62. The number of pyridine rings is 1. The van der Waals surface area contributed by atoms with Crippen LogP contribution >= 0.6 is 0 Å². The molecule has 0 aliphatic rings. The Balaban J connectivity index is 0.00000364. The summed E-state index contributed by atoms with van der Waals surface area (Å²) in [6.45, 7) is 2.15. The van der Waals surface area contributed by atoms with E-state index in [1.54, 1.807) is 18.3 Å². The van der Waals surface area contributed by atoms with Gasteiger partial charge in [-0.3, -0.25) is 0 Å². The molecular weight excluding hydrogens is 732 g/mol. The van der Waals surface area contributed by atoms with Crippen LogP contribution in [0, 0.1) is 19.0 Å². The maximum Gasteiger partial charge on any atom is 0.168 e. The molecule has 0 N–H and O–H groups in total. The molecule has 0 radical (unpaired) electrons. The van der Waals surface area contributed by atoms with Crippen LogP contribution in [0.5, 0.6) is 0 Å². The Kier molecular flexibility index (Phi) is 6.40. The summed E-state index contributed by atoms with van der Waals surface area (Å²) < 4.78 is 30.4. The maximum absolute atomic E-state index is 7.98. The molecule has 0 aliphatic heterocycles. The number of aryl methyl sites for hydroxylation is 1. The minimum atomic E-state index is -2.24. The average Bonchev–Trinajstić information content (AvgIpc) is 3.65. The summed E-state index contributed by atoms with van der Waals surface area (Å²) >= 11 is 0. The first kappa shape index (κ1) is 25.5. The standard InChI is InChI=1S/C40H31N4.Pt/c1-28-22-23-41-39(24-28)44-35-17-8-7-16-33(35)34-21-20-30(26-38(34)44)40(2,3)29-12-11-15-32(25-29)43-27-42(31-13-5-4-6-14-31)36-18-9-10-19-37(36)43;/h4-24,27H,1-3H3;/q-1;/i1D3;. The molecule has 3 heterocycles. The first-order valence-corrected chi connectivity index (χ1v) is 14.7. The molecule has 0 fully saturated rings. The van der Waals surface area contributed by atoms with Gasteiger partial charge >= 0.3 is 0 Å². The zero-order valence-corrected chi connectivity index (χ0v) is 27.1. The molecule has 8 aromatic rings. The van der Waals surface area contributed by atoms with Crippen LogP contribution in [0.3, 0.4) is 0 Å². The van der Waals surface area contributed by atoms with Gasteiger partial charge in [-0.15, -0.1) is 23.1 Å². The molecule has 0 aliphatic carbocycles. The van der Waals surface area contributed by atoms with Crippen molar-refractivity contribution < 1.29 is 25.2 Å². The van der Waals surface area contributed by atoms with Gasteiger partial charge in [0.2, 0.25) is 0 Å². The van der Waals surface area contributed by atoms with E-state index in [2.05, 4.69) is 131 Å². The first-order chi connectivity index (χ1) is 22.7. The molecule has 222 valence electrons. The Labute approximate surface area is 281 Å². The maximum atomic E-state index is 7.98. The smallest absolute Gasteiger partial charge is 0.168 e. The average molecular weight is 766 g/mol. The van der Waals surface area contributed by atoms with Crippen LogP contribution in [0.2, 0.25) is 0 Å². The van der Waals surface area contributed by atoms with E-state index in [9.17, 15) is 0 Å². The summed E-state index contributed by atoms with van der Waals surface area (Å²) in [5.41, 5.74) is 7.85. The molecule has 0 saturated carbocycles. The molecule has 0 amide bonds. The van der Waals surface area contributed by atoms with Gasteiger partial charge in [0.15, 0.2) is 17.4 Å². The molecule has 45 heavy (non-hydrogen) atoms. The SMILES string of the molecule is [2H]C([2H])([2H])c1ccnc(-n2c3[c-]c(C(C)(C)c4[c-]c(-n5[cH+]n(-c6ccccc6)c6ccccc65)ccc4)ccc3c3ccccc32)c1.[Pt]. The van der Waals surface area contributed by atoms with Crippen LogP contribution in [-0.2, 0) is 26.5 Å². The molecule has 3 aromatic heterocycles. The summed E-state index contributed by atoms with van der Waals surface area (Å²) in [5, 5.41) is 2.09. The number of hydrogen-bond acceptors (Lipinski definition) is 1. The molecule has 4 nitrogen and oxygen atoms in total. The Morgan fingerprint density at radius 1 is 0.689 bits per heavy atom. The van der Waals surface area contributed by atoms with E-state index in [4.69, 9.17) is 4.11 Å². The van der Waals surface area contributed by atoms with Crippen LogP contribution in [0.4, 0.5) is 0 Å². The predicted molar refractivity (Wildman–Crippen MR) is 180 cm³/mol. The fourth-order valence-corrected chi connectivity index (χ4v) is 6.24. The zero-order valence-electron chi connectivity index (χ0n) is 27.8. The van der Waals surface area contributed by atoms with Crippen LogP contribution in [0.25, 0.3) is 50.0 Å². The Hall–Kier alpha value is -4.79. The Morgan fingerprint density at radius 2 is 1.40 bits per heavy atom. The molecule has 8 rings (SSSR count). The third-order valence-corrected chi connectivity index (χ3v) is 8.61. The fourth-order valence-electron chi connectivity index (χ4n) is 6.24. The number of aromatic nitrogens is 4. The Bertz CT molecular complexity index is 2440. The number of rotatable bonds is 5. The van der Waals surface area contributed by atoms with Gasteiger partial charge in [-0.05, 0) is 53.5 Å². The van der Waals surface area contributed by atoms with E-state index < -0.39 is 12.3 Å². The van der Waals surface area contributed by atoms with E-state index in [-0.39, 0.29) is 26.6 Å². The van der Waals surface area contributed by atoms with Crippen molar-refractivity contribution in [3.63, 3.8) is 0 Å². The molecule has 5 aromatic carbocycles. The van der Waals surface area contributed by atoms with Crippen molar-refractivity contribution in [2.45, 2.75) is 26.1 Å². The minimum Gasteiger partial charge on any atom is -0.319 e. The monoisotopic (exact) mass is 765 g/mol. The van der Waals surface area contributed by atoms with E-state index >= 15 is 0 Å². The van der Waals surface area contributed by atoms with Gasteiger partial charge in [-0.25, -0.2) is 9.55 Å². The van der Waals surface area contributed by atoms with Crippen molar-refractivity contribution in [2.24, 2.45) is 0 Å². The zero-order chi connectivity index (χ0) is 32.3. The number of hydrogen-bond donors (Lipinski definition) is 0. The summed E-state index contributed by atoms with van der Waals surface area (Å²) in [6, 6.07) is 48.2. The van der Waals surface area contributed by atoms with Crippen molar-refractivity contribution >= 4 is 32.8 Å². The van der Waals surface area contributed by atoms with Crippen molar-refractivity contribution in [1.82, 2.24) is 18.7 Å². The first-order valence-electron chi connectivity index (χ1n) is 16.2. The second-order valence-corrected chi connectivity index (χ2v) is 11.6. The number of imidazole rings is 1. The second kappa shape index (κ2) is 11.3. The van der Waals surface area contributed by atoms with Crippen LogP contribution in [0.1, 0.15) is 34.7 Å². The molecule has 0 atom stereocenters. The number of fused-ring (bicyclic) bond motifs is 4. The summed E-state index contributed by atoms with van der Waals surface area (Å²) in [5.74, 6) is 0.552. The van der Waals surface area contributed by atoms with Crippen LogP contribution in [-0.4, -0.2) is 18.7 Å². The predicted octanol–water partition coefficient (Wildman–Crippen LogP) is 9.43. The van der Waals surface area contributed by atoms with E-state index in [0.717, 1.165) is 55.3 Å². The number of benzene rings is 5. The Morgan fingerprint density at radius 3 is 2.20 bits per heavy atom. The molecule has 0 unspecified atom stereocenters. The van der Waals surface area contributed by atoms with Crippen LogP contribution < -0.4 is 0 Å². The quantitative estimate of drug-likeness (QED) is 0.161. The van der Waals surface area contributed by atoms with E-state index in [0.29, 0.717) is 5.82 Å². The largest absolute Gasteiger partial charge is 0.319 e. The summed E-state index contributed by atoms with van der Waals surface area (Å²) in [7, 11) is 0. The topological polar surface area (TPSA) is 27.7 Å². The molecule has 0 spiro atoms. The van der Waals surface area contributed by atoms with Gasteiger partial charge in [-0.2, -0.15) is 40.5 Å². The van der Waals surface area contributed by atoms with Crippen molar-refractivity contribution in [3.05, 3.63) is 163 Å². The molecule has 5 heteroatoms. The van der Waals surface area contributed by atoms with Gasteiger partial charge in [0.05, 0.1) is 0 Å². The molecule has 0 saturated heterocycles. The second-order valence-electron chi connectivity index (χ2n) is 11.6. The van der Waals surface area contributed by atoms with Crippen molar-refractivity contribution in [3.8, 4) is 17.2 Å². The van der Waals surface area contributed by atoms with Gasteiger partial charge in [0.1, 0.15) is 11.5 Å². The normalized spacial score (nSPS) is 13.0. The number of para-hydroxylation sites is 4. The third-order valence-electron chi connectivity index (χ3n) is 8.61. The molecular formula is C40H31N4Pt-. The van der Waals surface area contributed by atoms with E-state index in [1.165, 1.54) is 0 Å². The van der Waals surface area contributed by atoms with Gasteiger partial charge in [-0.1, -0.05) is 67.9 Å². The van der Waals surface area contributed by atoms with Crippen molar-refractivity contribution in [2.75, 3.05) is 0 Å². The van der Waals surface area contributed by atoms with Gasteiger partial charge < -0.3 is 4.57 Å². The van der Waals surface area contributed by atoms with E-state index in [1.807, 2.05) is 28.8 Å². The van der Waals surface area contributed by atoms with Gasteiger partial charge in [0, 0.05) is 54.7 Å². The van der Waals surface area contributed by atoms with Crippen molar-refractivity contribution in [1.29, 1.82) is 0 Å². The minimum absolute atomic E-state index is 0. The third kappa shape index (κ3) is 4.81. The number of nitrogens with zero attached hydrogens (tertiary/aromatic N) is 4.